The zero-order chi connectivity index (χ0) is 14.4. The number of thiocarbonyl (C=S) groups is 1. The van der Waals surface area contributed by atoms with Crippen molar-refractivity contribution in [2.75, 3.05) is 5.32 Å². The first-order valence-corrected chi connectivity index (χ1v) is 6.64. The molecule has 4 nitrogen and oxygen atoms in total. The number of hydrazone groups is 1. The molecule has 5 heteroatoms. The van der Waals surface area contributed by atoms with Crippen LogP contribution in [0.3, 0.4) is 0 Å². The standard InChI is InChI=1S/C15H16N4S/c1-11-5-3-7-14(12(11)2)18-15(20)19-17-10-13-6-4-8-16-9-13/h3-10H,1-2H3,(H2,18,19,20)/b17-10-. The van der Waals surface area contributed by atoms with Crippen LogP contribution in [0.5, 0.6) is 0 Å². The zero-order valence-electron chi connectivity index (χ0n) is 11.4. The molecule has 0 radical (unpaired) electrons. The van der Waals surface area contributed by atoms with E-state index >= 15 is 0 Å². The van der Waals surface area contributed by atoms with Gasteiger partial charge in [-0.1, -0.05) is 18.2 Å². The summed E-state index contributed by atoms with van der Waals surface area (Å²) < 4.78 is 0. The number of nitrogens with one attached hydrogen (secondary N) is 2. The maximum atomic E-state index is 5.20. The van der Waals surface area contributed by atoms with Gasteiger partial charge in [-0.3, -0.25) is 10.4 Å². The molecule has 2 N–H and O–H groups in total. The molecule has 1 aromatic carbocycles. The second-order valence-electron chi connectivity index (χ2n) is 4.36. The number of rotatable bonds is 3. The van der Waals surface area contributed by atoms with E-state index in [9.17, 15) is 0 Å². The van der Waals surface area contributed by atoms with Crippen LogP contribution in [0.15, 0.2) is 47.8 Å². The average molecular weight is 284 g/mol. The van der Waals surface area contributed by atoms with E-state index < -0.39 is 0 Å². The Labute approximate surface area is 123 Å². The summed E-state index contributed by atoms with van der Waals surface area (Å²) >= 11 is 5.20. The van der Waals surface area contributed by atoms with Crippen molar-refractivity contribution in [2.45, 2.75) is 13.8 Å². The number of anilines is 1. The summed E-state index contributed by atoms with van der Waals surface area (Å²) in [5, 5.41) is 7.66. The Morgan fingerprint density at radius 1 is 1.25 bits per heavy atom. The molecule has 0 unspecified atom stereocenters. The van der Waals surface area contributed by atoms with E-state index in [1.807, 2.05) is 24.3 Å². The molecule has 0 aliphatic carbocycles. The van der Waals surface area contributed by atoms with Gasteiger partial charge in [0.05, 0.1) is 6.21 Å². The van der Waals surface area contributed by atoms with Crippen molar-refractivity contribution >= 4 is 29.2 Å². The lowest BCUT2D eigenvalue weighted by Crippen LogP contribution is -2.24. The van der Waals surface area contributed by atoms with Crippen LogP contribution in [0.2, 0.25) is 0 Å². The minimum absolute atomic E-state index is 0.457. The molecule has 0 aliphatic rings. The Kier molecular flexibility index (Phi) is 4.79. The topological polar surface area (TPSA) is 49.3 Å². The second kappa shape index (κ2) is 6.77. The van der Waals surface area contributed by atoms with Gasteiger partial charge in [0.1, 0.15) is 0 Å². The lowest BCUT2D eigenvalue weighted by Gasteiger charge is -2.11. The van der Waals surface area contributed by atoms with Gasteiger partial charge in [0.25, 0.3) is 0 Å². The highest BCUT2D eigenvalue weighted by Crippen LogP contribution is 2.17. The first-order chi connectivity index (χ1) is 9.66. The third-order valence-corrected chi connectivity index (χ3v) is 3.11. The molecule has 20 heavy (non-hydrogen) atoms. The molecular weight excluding hydrogens is 268 g/mol. The number of pyridine rings is 1. The van der Waals surface area contributed by atoms with Crippen molar-refractivity contribution in [1.29, 1.82) is 0 Å². The largest absolute Gasteiger partial charge is 0.331 e. The van der Waals surface area contributed by atoms with E-state index in [0.29, 0.717) is 5.11 Å². The summed E-state index contributed by atoms with van der Waals surface area (Å²) in [7, 11) is 0. The van der Waals surface area contributed by atoms with Gasteiger partial charge in [0.15, 0.2) is 5.11 Å². The van der Waals surface area contributed by atoms with Gasteiger partial charge in [-0.05, 0) is 49.3 Å². The van der Waals surface area contributed by atoms with E-state index in [-0.39, 0.29) is 0 Å². The van der Waals surface area contributed by atoms with Crippen molar-refractivity contribution in [3.8, 4) is 0 Å². The van der Waals surface area contributed by atoms with Gasteiger partial charge < -0.3 is 5.32 Å². The minimum Gasteiger partial charge on any atom is -0.331 e. The van der Waals surface area contributed by atoms with Gasteiger partial charge in [-0.2, -0.15) is 5.10 Å². The van der Waals surface area contributed by atoms with Gasteiger partial charge in [0.2, 0.25) is 0 Å². The monoisotopic (exact) mass is 284 g/mol. The predicted octanol–water partition coefficient (Wildman–Crippen LogP) is 3.02. The Morgan fingerprint density at radius 2 is 2.10 bits per heavy atom. The average Bonchev–Trinajstić information content (AvgIpc) is 2.45. The molecule has 2 rings (SSSR count). The van der Waals surface area contributed by atoms with Gasteiger partial charge in [-0.25, -0.2) is 0 Å². The first-order valence-electron chi connectivity index (χ1n) is 6.23. The van der Waals surface area contributed by atoms with Crippen LogP contribution >= 0.6 is 12.2 Å². The fourth-order valence-corrected chi connectivity index (χ4v) is 1.82. The van der Waals surface area contributed by atoms with Crippen molar-refractivity contribution in [2.24, 2.45) is 5.10 Å². The van der Waals surface area contributed by atoms with Gasteiger partial charge in [-0.15, -0.1) is 0 Å². The molecule has 0 atom stereocenters. The highest BCUT2D eigenvalue weighted by molar-refractivity contribution is 7.80. The number of aromatic nitrogens is 1. The molecule has 0 amide bonds. The van der Waals surface area contributed by atoms with E-state index in [1.165, 1.54) is 11.1 Å². The second-order valence-corrected chi connectivity index (χ2v) is 4.77. The minimum atomic E-state index is 0.457. The Bertz CT molecular complexity index is 623. The van der Waals surface area contributed by atoms with Crippen molar-refractivity contribution in [3.63, 3.8) is 0 Å². The van der Waals surface area contributed by atoms with Crippen molar-refractivity contribution < 1.29 is 0 Å². The van der Waals surface area contributed by atoms with Crippen LogP contribution in [-0.4, -0.2) is 16.3 Å². The number of nitrogens with zero attached hydrogens (tertiary/aromatic N) is 2. The molecule has 102 valence electrons. The highest BCUT2D eigenvalue weighted by atomic mass is 32.1. The lowest BCUT2D eigenvalue weighted by molar-refractivity contribution is 1.05. The molecule has 0 bridgehead atoms. The van der Waals surface area contributed by atoms with Crippen molar-refractivity contribution in [1.82, 2.24) is 10.4 Å². The van der Waals surface area contributed by atoms with Gasteiger partial charge in [0, 0.05) is 23.6 Å². The maximum Gasteiger partial charge on any atom is 0.191 e. The Morgan fingerprint density at radius 3 is 2.85 bits per heavy atom. The smallest absolute Gasteiger partial charge is 0.191 e. The normalized spacial score (nSPS) is 10.5. The molecule has 1 heterocycles. The first kappa shape index (κ1) is 14.1. The number of aryl methyl sites for hydroxylation is 1. The third-order valence-electron chi connectivity index (χ3n) is 2.92. The summed E-state index contributed by atoms with van der Waals surface area (Å²) in [5.74, 6) is 0. The van der Waals surface area contributed by atoms with E-state index in [1.54, 1.807) is 18.6 Å². The Balaban J connectivity index is 1.93. The fourth-order valence-electron chi connectivity index (χ4n) is 1.65. The fraction of sp³-hybridized carbons (Fsp3) is 0.133. The molecule has 0 spiro atoms. The summed E-state index contributed by atoms with van der Waals surface area (Å²) in [4.78, 5) is 4.00. The number of hydrogen-bond donors (Lipinski definition) is 2. The summed E-state index contributed by atoms with van der Waals surface area (Å²) in [6.07, 6.45) is 5.12. The molecule has 0 saturated heterocycles. The van der Waals surface area contributed by atoms with Gasteiger partial charge >= 0.3 is 0 Å². The van der Waals surface area contributed by atoms with E-state index in [4.69, 9.17) is 12.2 Å². The van der Waals surface area contributed by atoms with Crippen LogP contribution in [0.25, 0.3) is 0 Å². The summed E-state index contributed by atoms with van der Waals surface area (Å²) in [5.41, 5.74) is 7.08. The summed E-state index contributed by atoms with van der Waals surface area (Å²) in [6, 6.07) is 9.82. The van der Waals surface area contributed by atoms with Crippen LogP contribution in [0.1, 0.15) is 16.7 Å². The Hall–Kier alpha value is -2.27. The molecule has 1 aromatic heterocycles. The molecule has 0 aliphatic heterocycles. The van der Waals surface area contributed by atoms with Crippen LogP contribution < -0.4 is 10.7 Å². The molecule has 2 aromatic rings. The molecule has 0 fully saturated rings. The lowest BCUT2D eigenvalue weighted by atomic mass is 10.1. The van der Waals surface area contributed by atoms with Crippen LogP contribution in [0, 0.1) is 13.8 Å². The van der Waals surface area contributed by atoms with Crippen molar-refractivity contribution in [3.05, 3.63) is 59.4 Å². The van der Waals surface area contributed by atoms with Crippen LogP contribution in [-0.2, 0) is 0 Å². The van der Waals surface area contributed by atoms with E-state index in [0.717, 1.165) is 11.3 Å². The number of benzene rings is 1. The molecular formula is C15H16N4S. The highest BCUT2D eigenvalue weighted by Gasteiger charge is 2.01. The predicted molar refractivity (Wildman–Crippen MR) is 87.1 cm³/mol. The summed E-state index contributed by atoms with van der Waals surface area (Å²) in [6.45, 7) is 4.12. The zero-order valence-corrected chi connectivity index (χ0v) is 12.2. The quantitative estimate of drug-likeness (QED) is 0.517. The van der Waals surface area contributed by atoms with Crippen LogP contribution in [0.4, 0.5) is 5.69 Å². The third kappa shape index (κ3) is 3.86. The SMILES string of the molecule is Cc1cccc(NC(=S)N/N=C\c2cccnc2)c1C. The van der Waals surface area contributed by atoms with E-state index in [2.05, 4.69) is 40.7 Å². The maximum absolute atomic E-state index is 5.20. The molecule has 0 saturated carbocycles. The number of hydrogen-bond acceptors (Lipinski definition) is 3.